The predicted octanol–water partition coefficient (Wildman–Crippen LogP) is 2.95. The molecule has 1 fully saturated rings. The summed E-state index contributed by atoms with van der Waals surface area (Å²) in [5.41, 5.74) is 2.01. The number of benzene rings is 1. The average Bonchev–Trinajstić information content (AvgIpc) is 2.83. The molecule has 0 radical (unpaired) electrons. The summed E-state index contributed by atoms with van der Waals surface area (Å²) in [6.07, 6.45) is 8.94. The number of aromatic nitrogens is 2. The van der Waals surface area contributed by atoms with Gasteiger partial charge >= 0.3 is 5.97 Å². The van der Waals surface area contributed by atoms with E-state index in [2.05, 4.69) is 10.00 Å². The molecule has 5 heteroatoms. The molecular weight excluding hydrogens is 278 g/mol. The van der Waals surface area contributed by atoms with Crippen LogP contribution in [0.1, 0.15) is 41.6 Å². The van der Waals surface area contributed by atoms with Crippen molar-refractivity contribution in [3.8, 4) is 5.69 Å². The van der Waals surface area contributed by atoms with Crippen molar-refractivity contribution in [2.45, 2.75) is 32.2 Å². The molecule has 0 aliphatic carbocycles. The number of para-hydroxylation sites is 1. The van der Waals surface area contributed by atoms with E-state index in [1.807, 2.05) is 18.5 Å². The maximum atomic E-state index is 11.3. The van der Waals surface area contributed by atoms with Crippen LogP contribution in [0.25, 0.3) is 5.69 Å². The molecule has 22 heavy (non-hydrogen) atoms. The van der Waals surface area contributed by atoms with Crippen LogP contribution in [0.4, 0.5) is 0 Å². The van der Waals surface area contributed by atoms with Gasteiger partial charge in [0.05, 0.1) is 17.4 Å². The Morgan fingerprint density at radius 3 is 2.59 bits per heavy atom. The Kier molecular flexibility index (Phi) is 4.53. The van der Waals surface area contributed by atoms with Crippen molar-refractivity contribution in [1.29, 1.82) is 0 Å². The summed E-state index contributed by atoms with van der Waals surface area (Å²) in [7, 11) is 0. The monoisotopic (exact) mass is 299 g/mol. The highest BCUT2D eigenvalue weighted by molar-refractivity contribution is 5.91. The second-order valence-electron chi connectivity index (χ2n) is 5.81. The van der Waals surface area contributed by atoms with Crippen LogP contribution in [0.2, 0.25) is 0 Å². The molecule has 0 unspecified atom stereocenters. The average molecular weight is 299 g/mol. The first kappa shape index (κ1) is 14.8. The SMILES string of the molecule is O=C(O)c1ccccc1-n1cc(CN2CCCCCC2)cn1. The summed E-state index contributed by atoms with van der Waals surface area (Å²) in [6, 6.07) is 6.95. The molecule has 1 aliphatic heterocycles. The number of rotatable bonds is 4. The van der Waals surface area contributed by atoms with Crippen LogP contribution in [0.3, 0.4) is 0 Å². The van der Waals surface area contributed by atoms with Gasteiger partial charge in [-0.15, -0.1) is 0 Å². The lowest BCUT2D eigenvalue weighted by atomic mass is 10.2. The Morgan fingerprint density at radius 1 is 1.14 bits per heavy atom. The van der Waals surface area contributed by atoms with E-state index < -0.39 is 5.97 Å². The van der Waals surface area contributed by atoms with E-state index in [9.17, 15) is 9.90 Å². The first-order valence-electron chi connectivity index (χ1n) is 7.82. The lowest BCUT2D eigenvalue weighted by Crippen LogP contribution is -2.23. The molecule has 0 spiro atoms. The Balaban J connectivity index is 1.77. The summed E-state index contributed by atoms with van der Waals surface area (Å²) in [5, 5.41) is 13.6. The molecule has 0 saturated carbocycles. The second kappa shape index (κ2) is 6.75. The summed E-state index contributed by atoms with van der Waals surface area (Å²) in [6.45, 7) is 3.16. The first-order chi connectivity index (χ1) is 10.7. The fourth-order valence-electron chi connectivity index (χ4n) is 2.98. The zero-order valence-electron chi connectivity index (χ0n) is 12.6. The van der Waals surface area contributed by atoms with Crippen molar-refractivity contribution in [2.75, 3.05) is 13.1 Å². The molecule has 1 aromatic heterocycles. The molecule has 1 aromatic carbocycles. The van der Waals surface area contributed by atoms with Gasteiger partial charge in [0.2, 0.25) is 0 Å². The standard InChI is InChI=1S/C17H21N3O2/c21-17(22)15-7-3-4-8-16(15)20-13-14(11-18-20)12-19-9-5-1-2-6-10-19/h3-4,7-8,11,13H,1-2,5-6,9-10,12H2,(H,21,22). The summed E-state index contributed by atoms with van der Waals surface area (Å²) in [4.78, 5) is 13.8. The smallest absolute Gasteiger partial charge is 0.337 e. The number of hydrogen-bond acceptors (Lipinski definition) is 3. The number of hydrogen-bond donors (Lipinski definition) is 1. The minimum Gasteiger partial charge on any atom is -0.478 e. The normalized spacial score (nSPS) is 16.4. The van der Waals surface area contributed by atoms with Gasteiger partial charge in [-0.3, -0.25) is 4.90 Å². The fourth-order valence-corrected chi connectivity index (χ4v) is 2.98. The molecule has 5 nitrogen and oxygen atoms in total. The summed E-state index contributed by atoms with van der Waals surface area (Å²) in [5.74, 6) is -0.930. The second-order valence-corrected chi connectivity index (χ2v) is 5.81. The minimum absolute atomic E-state index is 0.270. The van der Waals surface area contributed by atoms with Crippen LogP contribution >= 0.6 is 0 Å². The van der Waals surface area contributed by atoms with Crippen LogP contribution in [0.5, 0.6) is 0 Å². The molecule has 3 rings (SSSR count). The summed E-state index contributed by atoms with van der Waals surface area (Å²) >= 11 is 0. The molecular formula is C17H21N3O2. The molecule has 0 atom stereocenters. The number of carbonyl (C=O) groups is 1. The lowest BCUT2D eigenvalue weighted by molar-refractivity contribution is 0.0696. The third-order valence-corrected chi connectivity index (χ3v) is 4.12. The number of carboxylic acids is 1. The molecule has 1 N–H and O–H groups in total. The van der Waals surface area contributed by atoms with Gasteiger partial charge in [0.15, 0.2) is 0 Å². The third kappa shape index (κ3) is 3.36. The van der Waals surface area contributed by atoms with Crippen LogP contribution < -0.4 is 0 Å². The number of nitrogens with zero attached hydrogens (tertiary/aromatic N) is 3. The highest BCUT2D eigenvalue weighted by Gasteiger charge is 2.14. The van der Waals surface area contributed by atoms with Crippen molar-refractivity contribution >= 4 is 5.97 Å². The Labute approximate surface area is 130 Å². The molecule has 2 aromatic rings. The Morgan fingerprint density at radius 2 is 1.86 bits per heavy atom. The Bertz CT molecular complexity index is 643. The topological polar surface area (TPSA) is 58.4 Å². The highest BCUT2D eigenvalue weighted by Crippen LogP contribution is 2.17. The molecule has 116 valence electrons. The van der Waals surface area contributed by atoms with E-state index >= 15 is 0 Å². The van der Waals surface area contributed by atoms with E-state index in [-0.39, 0.29) is 5.56 Å². The first-order valence-corrected chi connectivity index (χ1v) is 7.82. The molecule has 2 heterocycles. The maximum absolute atomic E-state index is 11.3. The quantitative estimate of drug-likeness (QED) is 0.943. The zero-order chi connectivity index (χ0) is 15.4. The number of carboxylic acid groups (broad SMARTS) is 1. The van der Waals surface area contributed by atoms with Gasteiger partial charge in [-0.25, -0.2) is 9.48 Å². The summed E-state index contributed by atoms with van der Waals surface area (Å²) < 4.78 is 1.66. The van der Waals surface area contributed by atoms with E-state index in [1.165, 1.54) is 25.7 Å². The van der Waals surface area contributed by atoms with Crippen molar-refractivity contribution in [1.82, 2.24) is 14.7 Å². The predicted molar refractivity (Wildman–Crippen MR) is 84.3 cm³/mol. The molecule has 1 aliphatic rings. The van der Waals surface area contributed by atoms with E-state index in [4.69, 9.17) is 0 Å². The van der Waals surface area contributed by atoms with Gasteiger partial charge in [0.25, 0.3) is 0 Å². The van der Waals surface area contributed by atoms with Crippen LogP contribution in [-0.4, -0.2) is 38.8 Å². The largest absolute Gasteiger partial charge is 0.478 e. The van der Waals surface area contributed by atoms with Crippen molar-refractivity contribution in [2.24, 2.45) is 0 Å². The van der Waals surface area contributed by atoms with Crippen LogP contribution in [0.15, 0.2) is 36.7 Å². The van der Waals surface area contributed by atoms with Gasteiger partial charge in [-0.1, -0.05) is 25.0 Å². The number of likely N-dealkylation sites (tertiary alicyclic amines) is 1. The fraction of sp³-hybridized carbons (Fsp3) is 0.412. The molecule has 0 amide bonds. The van der Waals surface area contributed by atoms with Gasteiger partial charge in [0, 0.05) is 18.3 Å². The third-order valence-electron chi connectivity index (χ3n) is 4.12. The van der Waals surface area contributed by atoms with Crippen molar-refractivity contribution in [3.63, 3.8) is 0 Å². The number of aromatic carboxylic acids is 1. The van der Waals surface area contributed by atoms with Gasteiger partial charge < -0.3 is 5.11 Å². The minimum atomic E-state index is -0.930. The lowest BCUT2D eigenvalue weighted by Gasteiger charge is -2.18. The van der Waals surface area contributed by atoms with Crippen molar-refractivity contribution < 1.29 is 9.90 Å². The van der Waals surface area contributed by atoms with Crippen LogP contribution in [0, 0.1) is 0 Å². The maximum Gasteiger partial charge on any atom is 0.337 e. The zero-order valence-corrected chi connectivity index (χ0v) is 12.6. The van der Waals surface area contributed by atoms with E-state index in [0.717, 1.165) is 25.2 Å². The van der Waals surface area contributed by atoms with E-state index in [0.29, 0.717) is 5.69 Å². The molecule has 0 bridgehead atoms. The van der Waals surface area contributed by atoms with E-state index in [1.54, 1.807) is 22.9 Å². The van der Waals surface area contributed by atoms with Gasteiger partial charge in [-0.2, -0.15) is 5.10 Å². The molecule has 1 saturated heterocycles. The van der Waals surface area contributed by atoms with Crippen molar-refractivity contribution in [3.05, 3.63) is 47.8 Å². The van der Waals surface area contributed by atoms with Gasteiger partial charge in [0.1, 0.15) is 0 Å². The Hall–Kier alpha value is -2.14. The van der Waals surface area contributed by atoms with Gasteiger partial charge in [-0.05, 0) is 38.1 Å². The highest BCUT2D eigenvalue weighted by atomic mass is 16.4. The van der Waals surface area contributed by atoms with Crippen LogP contribution in [-0.2, 0) is 6.54 Å².